The van der Waals surface area contributed by atoms with Gasteiger partial charge >= 0.3 is 5.97 Å². The summed E-state index contributed by atoms with van der Waals surface area (Å²) in [5.74, 6) is 0.0188. The number of carboxylic acid groups (broad SMARTS) is 1. The van der Waals surface area contributed by atoms with Gasteiger partial charge in [-0.3, -0.25) is 9.59 Å². The molecular formula is C18H21N3O5. The van der Waals surface area contributed by atoms with E-state index >= 15 is 0 Å². The van der Waals surface area contributed by atoms with Gasteiger partial charge in [-0.2, -0.15) is 4.98 Å². The Kier molecular flexibility index (Phi) is 5.50. The minimum absolute atomic E-state index is 0.0155. The summed E-state index contributed by atoms with van der Waals surface area (Å²) in [5.41, 5.74) is 0.675. The van der Waals surface area contributed by atoms with E-state index in [9.17, 15) is 9.59 Å². The van der Waals surface area contributed by atoms with Gasteiger partial charge in [-0.25, -0.2) is 0 Å². The summed E-state index contributed by atoms with van der Waals surface area (Å²) in [6.45, 7) is 1.14. The highest BCUT2D eigenvalue weighted by Gasteiger charge is 2.28. The predicted molar refractivity (Wildman–Crippen MR) is 91.8 cm³/mol. The lowest BCUT2D eigenvalue weighted by molar-refractivity contribution is -0.137. The second-order valence-corrected chi connectivity index (χ2v) is 6.35. The van der Waals surface area contributed by atoms with Gasteiger partial charge in [0.05, 0.1) is 7.11 Å². The van der Waals surface area contributed by atoms with Gasteiger partial charge in [0.25, 0.3) is 17.6 Å². The summed E-state index contributed by atoms with van der Waals surface area (Å²) < 4.78 is 10.4. The Bertz CT molecular complexity index is 789. The first-order chi connectivity index (χ1) is 12.6. The molecule has 8 heteroatoms. The number of piperidine rings is 1. The zero-order chi connectivity index (χ0) is 18.5. The second-order valence-electron chi connectivity index (χ2n) is 6.35. The van der Waals surface area contributed by atoms with E-state index in [4.69, 9.17) is 14.4 Å². The van der Waals surface area contributed by atoms with Gasteiger partial charge in [0.15, 0.2) is 0 Å². The third-order valence-electron chi connectivity index (χ3n) is 4.51. The van der Waals surface area contributed by atoms with Crippen molar-refractivity contribution in [1.29, 1.82) is 0 Å². The molecule has 1 aliphatic heterocycles. The Morgan fingerprint density at radius 3 is 3.04 bits per heavy atom. The molecular weight excluding hydrogens is 338 g/mol. The summed E-state index contributed by atoms with van der Waals surface area (Å²) in [6.07, 6.45) is 2.46. The van der Waals surface area contributed by atoms with Gasteiger partial charge < -0.3 is 19.3 Å². The van der Waals surface area contributed by atoms with E-state index in [0.717, 1.165) is 12.8 Å². The number of carbonyl (C=O) groups excluding carboxylic acids is 1. The number of aromatic nitrogens is 2. The normalized spacial score (nSPS) is 17.1. The van der Waals surface area contributed by atoms with E-state index in [2.05, 4.69) is 10.1 Å². The van der Waals surface area contributed by atoms with E-state index in [1.165, 1.54) is 0 Å². The first-order valence-corrected chi connectivity index (χ1v) is 8.56. The van der Waals surface area contributed by atoms with Crippen molar-refractivity contribution in [3.63, 3.8) is 0 Å². The molecule has 1 N–H and O–H groups in total. The Balaban J connectivity index is 1.68. The van der Waals surface area contributed by atoms with Crippen molar-refractivity contribution in [3.05, 3.63) is 30.1 Å². The maximum Gasteiger partial charge on any atom is 0.303 e. The number of ether oxygens (including phenoxy) is 1. The number of hydrogen-bond acceptors (Lipinski definition) is 6. The van der Waals surface area contributed by atoms with Crippen LogP contribution in [0, 0.1) is 5.92 Å². The number of benzene rings is 1. The number of carboxylic acids is 1. The average Bonchev–Trinajstić information content (AvgIpc) is 3.16. The maximum absolute atomic E-state index is 12.7. The lowest BCUT2D eigenvalue weighted by Crippen LogP contribution is -2.40. The molecule has 0 saturated carbocycles. The van der Waals surface area contributed by atoms with Crippen molar-refractivity contribution in [3.8, 4) is 17.2 Å². The van der Waals surface area contributed by atoms with Crippen molar-refractivity contribution in [2.75, 3.05) is 20.2 Å². The molecule has 2 aromatic rings. The molecule has 1 fully saturated rings. The Morgan fingerprint density at radius 2 is 2.27 bits per heavy atom. The Labute approximate surface area is 150 Å². The van der Waals surface area contributed by atoms with E-state index in [1.807, 2.05) is 0 Å². The first kappa shape index (κ1) is 17.9. The number of rotatable bonds is 6. The van der Waals surface area contributed by atoms with Crippen molar-refractivity contribution >= 4 is 11.9 Å². The maximum atomic E-state index is 12.7. The minimum Gasteiger partial charge on any atom is -0.497 e. The van der Waals surface area contributed by atoms with E-state index in [-0.39, 0.29) is 30.0 Å². The van der Waals surface area contributed by atoms with Crippen LogP contribution >= 0.6 is 0 Å². The highest BCUT2D eigenvalue weighted by atomic mass is 16.5. The van der Waals surface area contributed by atoms with Crippen molar-refractivity contribution in [1.82, 2.24) is 15.0 Å². The highest BCUT2D eigenvalue weighted by molar-refractivity contribution is 5.90. The molecule has 1 atom stereocenters. The Hall–Kier alpha value is -2.90. The third kappa shape index (κ3) is 4.19. The van der Waals surface area contributed by atoms with Gasteiger partial charge in [-0.1, -0.05) is 11.2 Å². The van der Waals surface area contributed by atoms with Crippen LogP contribution in [0.1, 0.15) is 36.3 Å². The van der Waals surface area contributed by atoms with Crippen molar-refractivity contribution < 1.29 is 24.0 Å². The summed E-state index contributed by atoms with van der Waals surface area (Å²) >= 11 is 0. The minimum atomic E-state index is -0.811. The molecule has 1 amide bonds. The monoisotopic (exact) mass is 359 g/mol. The molecule has 138 valence electrons. The van der Waals surface area contributed by atoms with Crippen LogP contribution in [0.2, 0.25) is 0 Å². The second kappa shape index (κ2) is 7.99. The molecule has 1 unspecified atom stereocenters. The number of likely N-dealkylation sites (tertiary alicyclic amines) is 1. The van der Waals surface area contributed by atoms with Crippen LogP contribution in [0.25, 0.3) is 11.5 Å². The molecule has 8 nitrogen and oxygen atoms in total. The van der Waals surface area contributed by atoms with Gasteiger partial charge in [0.2, 0.25) is 0 Å². The molecule has 2 heterocycles. The quantitative estimate of drug-likeness (QED) is 0.844. The van der Waals surface area contributed by atoms with Crippen molar-refractivity contribution in [2.24, 2.45) is 5.92 Å². The molecule has 0 spiro atoms. The standard InChI is InChI=1S/C18H21N3O5/c1-25-14-6-2-5-13(10-14)17-19-16(20-26-17)18(24)21-9-3-4-12(11-21)7-8-15(22)23/h2,5-6,10,12H,3-4,7-9,11H2,1H3,(H,22,23). The largest absolute Gasteiger partial charge is 0.497 e. The van der Waals surface area contributed by atoms with Crippen LogP contribution in [0.15, 0.2) is 28.8 Å². The molecule has 0 radical (unpaired) electrons. The molecule has 1 aliphatic rings. The van der Waals surface area contributed by atoms with Crippen LogP contribution in [-0.2, 0) is 4.79 Å². The van der Waals surface area contributed by atoms with Crippen LogP contribution in [0.3, 0.4) is 0 Å². The zero-order valence-corrected chi connectivity index (χ0v) is 14.6. The fourth-order valence-electron chi connectivity index (χ4n) is 3.14. The summed E-state index contributed by atoms with van der Waals surface area (Å²) in [5, 5.41) is 12.6. The summed E-state index contributed by atoms with van der Waals surface area (Å²) in [6, 6.07) is 7.16. The lowest BCUT2D eigenvalue weighted by atomic mass is 9.93. The third-order valence-corrected chi connectivity index (χ3v) is 4.51. The molecule has 26 heavy (non-hydrogen) atoms. The van der Waals surface area contributed by atoms with Crippen LogP contribution in [0.4, 0.5) is 0 Å². The average molecular weight is 359 g/mol. The number of nitrogens with zero attached hydrogens (tertiary/aromatic N) is 3. The smallest absolute Gasteiger partial charge is 0.303 e. The van der Waals surface area contributed by atoms with Gasteiger partial charge in [-0.05, 0) is 43.4 Å². The van der Waals surface area contributed by atoms with Crippen molar-refractivity contribution in [2.45, 2.75) is 25.7 Å². The van der Waals surface area contributed by atoms with Crippen LogP contribution in [0.5, 0.6) is 5.75 Å². The molecule has 3 rings (SSSR count). The molecule has 0 aliphatic carbocycles. The molecule has 0 bridgehead atoms. The Morgan fingerprint density at radius 1 is 1.42 bits per heavy atom. The number of hydrogen-bond donors (Lipinski definition) is 1. The fraction of sp³-hybridized carbons (Fsp3) is 0.444. The topological polar surface area (TPSA) is 106 Å². The van der Waals surface area contributed by atoms with E-state index in [0.29, 0.717) is 30.8 Å². The number of carbonyl (C=O) groups is 2. The number of amides is 1. The van der Waals surface area contributed by atoms with Crippen LogP contribution < -0.4 is 4.74 Å². The molecule has 1 saturated heterocycles. The van der Waals surface area contributed by atoms with E-state index < -0.39 is 5.97 Å². The lowest BCUT2D eigenvalue weighted by Gasteiger charge is -2.31. The summed E-state index contributed by atoms with van der Waals surface area (Å²) in [7, 11) is 1.57. The molecule has 1 aromatic heterocycles. The van der Waals surface area contributed by atoms with Gasteiger partial charge in [0, 0.05) is 25.1 Å². The predicted octanol–water partition coefficient (Wildman–Crippen LogP) is 2.46. The molecule has 1 aromatic carbocycles. The first-order valence-electron chi connectivity index (χ1n) is 8.56. The van der Waals surface area contributed by atoms with Gasteiger partial charge in [-0.15, -0.1) is 0 Å². The highest BCUT2D eigenvalue weighted by Crippen LogP contribution is 2.24. The number of aliphatic carboxylic acids is 1. The zero-order valence-electron chi connectivity index (χ0n) is 14.6. The van der Waals surface area contributed by atoms with E-state index in [1.54, 1.807) is 36.3 Å². The fourth-order valence-corrected chi connectivity index (χ4v) is 3.14. The van der Waals surface area contributed by atoms with Gasteiger partial charge in [0.1, 0.15) is 5.75 Å². The number of methoxy groups -OCH3 is 1. The summed E-state index contributed by atoms with van der Waals surface area (Å²) in [4.78, 5) is 29.3. The van der Waals surface area contributed by atoms with Crippen LogP contribution in [-0.4, -0.2) is 52.2 Å². The SMILES string of the molecule is COc1cccc(-c2nc(C(=O)N3CCCC(CCC(=O)O)C3)no2)c1.